The van der Waals surface area contributed by atoms with E-state index in [9.17, 15) is 4.79 Å². The van der Waals surface area contributed by atoms with E-state index in [0.29, 0.717) is 30.6 Å². The molecule has 1 saturated heterocycles. The number of amides is 1. The molecule has 0 aliphatic carbocycles. The highest BCUT2D eigenvalue weighted by atomic mass is 16.5. The lowest BCUT2D eigenvalue weighted by Gasteiger charge is -2.31. The summed E-state index contributed by atoms with van der Waals surface area (Å²) in [5.41, 5.74) is 0.771. The van der Waals surface area contributed by atoms with Crippen LogP contribution in [-0.4, -0.2) is 46.6 Å². The van der Waals surface area contributed by atoms with Crippen LogP contribution < -0.4 is 5.32 Å². The molecule has 1 amide bonds. The number of carbonyl (C=O) groups excluding carboxylic acids is 1. The molecule has 0 saturated carbocycles. The average molecular weight is 290 g/mol. The highest BCUT2D eigenvalue weighted by Crippen LogP contribution is 2.16. The molecular formula is C14H18N4O3. The second kappa shape index (κ2) is 6.09. The van der Waals surface area contributed by atoms with Gasteiger partial charge in [-0.1, -0.05) is 5.16 Å². The zero-order valence-electron chi connectivity index (χ0n) is 11.9. The van der Waals surface area contributed by atoms with E-state index in [1.807, 2.05) is 4.90 Å². The van der Waals surface area contributed by atoms with E-state index < -0.39 is 0 Å². The lowest BCUT2D eigenvalue weighted by molar-refractivity contribution is -0.132. The third kappa shape index (κ3) is 3.30. The highest BCUT2D eigenvalue weighted by molar-refractivity contribution is 5.76. The lowest BCUT2D eigenvalue weighted by atomic mass is 10.2. The van der Waals surface area contributed by atoms with E-state index in [-0.39, 0.29) is 5.91 Å². The van der Waals surface area contributed by atoms with Gasteiger partial charge in [0.2, 0.25) is 17.6 Å². The van der Waals surface area contributed by atoms with Crippen LogP contribution in [0.2, 0.25) is 0 Å². The van der Waals surface area contributed by atoms with Crippen molar-refractivity contribution in [1.29, 1.82) is 0 Å². The molecule has 0 aromatic carbocycles. The fourth-order valence-corrected chi connectivity index (χ4v) is 2.40. The van der Waals surface area contributed by atoms with E-state index in [0.717, 1.165) is 25.2 Å². The summed E-state index contributed by atoms with van der Waals surface area (Å²) in [6.45, 7) is 4.43. The molecule has 3 rings (SSSR count). The maximum absolute atomic E-state index is 12.1. The summed E-state index contributed by atoms with van der Waals surface area (Å²) in [5, 5.41) is 7.20. The Hall–Kier alpha value is -2.15. The fraction of sp³-hybridized carbons (Fsp3) is 0.500. The van der Waals surface area contributed by atoms with Gasteiger partial charge in [0, 0.05) is 38.5 Å². The standard InChI is InChI=1S/C14H18N4O3/c1-10-8-18(6-5-15-10)13(19)3-2-12-16-14(17-21-12)11-4-7-20-9-11/h4,7,9-10,15H,2-3,5-6,8H2,1H3. The summed E-state index contributed by atoms with van der Waals surface area (Å²) < 4.78 is 10.1. The van der Waals surface area contributed by atoms with Crippen LogP contribution >= 0.6 is 0 Å². The smallest absolute Gasteiger partial charge is 0.227 e. The molecule has 1 aliphatic rings. The second-order valence-corrected chi connectivity index (χ2v) is 5.22. The van der Waals surface area contributed by atoms with Crippen LogP contribution in [-0.2, 0) is 11.2 Å². The zero-order chi connectivity index (χ0) is 14.7. The van der Waals surface area contributed by atoms with Crippen LogP contribution in [0.3, 0.4) is 0 Å². The summed E-state index contributed by atoms with van der Waals surface area (Å²) in [5.74, 6) is 1.09. The Morgan fingerprint density at radius 3 is 3.24 bits per heavy atom. The maximum Gasteiger partial charge on any atom is 0.227 e. The molecule has 1 aliphatic heterocycles. The van der Waals surface area contributed by atoms with Crippen LogP contribution in [0.25, 0.3) is 11.4 Å². The van der Waals surface area contributed by atoms with Crippen molar-refractivity contribution in [2.24, 2.45) is 0 Å². The molecule has 2 aromatic rings. The van der Waals surface area contributed by atoms with Crippen molar-refractivity contribution < 1.29 is 13.7 Å². The Kier molecular flexibility index (Phi) is 4.01. The van der Waals surface area contributed by atoms with Gasteiger partial charge in [-0.05, 0) is 13.0 Å². The van der Waals surface area contributed by atoms with Gasteiger partial charge in [0.1, 0.15) is 6.26 Å². The molecule has 7 heteroatoms. The van der Waals surface area contributed by atoms with Crippen molar-refractivity contribution in [3.05, 3.63) is 24.5 Å². The number of aryl methyl sites for hydroxylation is 1. The first-order valence-corrected chi connectivity index (χ1v) is 7.08. The van der Waals surface area contributed by atoms with Gasteiger partial charge in [-0.25, -0.2) is 0 Å². The number of hydrogen-bond donors (Lipinski definition) is 1. The van der Waals surface area contributed by atoms with E-state index in [1.165, 1.54) is 0 Å². The third-order valence-corrected chi connectivity index (χ3v) is 3.52. The second-order valence-electron chi connectivity index (χ2n) is 5.22. The molecule has 3 heterocycles. The van der Waals surface area contributed by atoms with Crippen LogP contribution in [0, 0.1) is 0 Å². The number of carbonyl (C=O) groups is 1. The first-order valence-electron chi connectivity index (χ1n) is 7.08. The van der Waals surface area contributed by atoms with Gasteiger partial charge >= 0.3 is 0 Å². The first-order chi connectivity index (χ1) is 10.2. The Balaban J connectivity index is 1.54. The van der Waals surface area contributed by atoms with Crippen LogP contribution in [0.4, 0.5) is 0 Å². The van der Waals surface area contributed by atoms with Crippen molar-refractivity contribution >= 4 is 5.91 Å². The predicted molar refractivity (Wildman–Crippen MR) is 74.4 cm³/mol. The van der Waals surface area contributed by atoms with Crippen molar-refractivity contribution in [2.45, 2.75) is 25.8 Å². The molecular weight excluding hydrogens is 272 g/mol. The van der Waals surface area contributed by atoms with E-state index in [1.54, 1.807) is 18.6 Å². The Labute approximate surface area is 122 Å². The number of furan rings is 1. The quantitative estimate of drug-likeness (QED) is 0.907. The van der Waals surface area contributed by atoms with Crippen LogP contribution in [0.1, 0.15) is 19.2 Å². The molecule has 0 radical (unpaired) electrons. The van der Waals surface area contributed by atoms with Gasteiger partial charge in [0.05, 0.1) is 11.8 Å². The number of aromatic nitrogens is 2. The summed E-state index contributed by atoms with van der Waals surface area (Å²) in [7, 11) is 0. The number of nitrogens with zero attached hydrogens (tertiary/aromatic N) is 3. The minimum atomic E-state index is 0.131. The maximum atomic E-state index is 12.1. The minimum Gasteiger partial charge on any atom is -0.472 e. The Bertz CT molecular complexity index is 593. The van der Waals surface area contributed by atoms with Crippen LogP contribution in [0.5, 0.6) is 0 Å². The molecule has 7 nitrogen and oxygen atoms in total. The highest BCUT2D eigenvalue weighted by Gasteiger charge is 2.21. The molecule has 1 fully saturated rings. The van der Waals surface area contributed by atoms with Gasteiger partial charge in [0.15, 0.2) is 0 Å². The summed E-state index contributed by atoms with van der Waals surface area (Å²) in [4.78, 5) is 18.3. The summed E-state index contributed by atoms with van der Waals surface area (Å²) >= 11 is 0. The fourth-order valence-electron chi connectivity index (χ4n) is 2.40. The average Bonchev–Trinajstić information content (AvgIpc) is 3.15. The molecule has 0 bridgehead atoms. The van der Waals surface area contributed by atoms with Gasteiger partial charge in [-0.15, -0.1) is 0 Å². The monoisotopic (exact) mass is 290 g/mol. The van der Waals surface area contributed by atoms with E-state index in [4.69, 9.17) is 8.94 Å². The summed E-state index contributed by atoms with van der Waals surface area (Å²) in [6, 6.07) is 2.11. The number of nitrogens with one attached hydrogen (secondary N) is 1. The van der Waals surface area contributed by atoms with E-state index >= 15 is 0 Å². The minimum absolute atomic E-state index is 0.131. The van der Waals surface area contributed by atoms with Crippen molar-refractivity contribution in [3.8, 4) is 11.4 Å². The molecule has 2 aromatic heterocycles. The molecule has 21 heavy (non-hydrogen) atoms. The number of hydrogen-bond acceptors (Lipinski definition) is 6. The normalized spacial score (nSPS) is 18.9. The largest absolute Gasteiger partial charge is 0.472 e. The Morgan fingerprint density at radius 1 is 1.57 bits per heavy atom. The SMILES string of the molecule is CC1CN(C(=O)CCc2nc(-c3ccoc3)no2)CCN1. The number of rotatable bonds is 4. The predicted octanol–water partition coefficient (Wildman–Crippen LogP) is 1.08. The zero-order valence-corrected chi connectivity index (χ0v) is 11.9. The molecule has 1 N–H and O–H groups in total. The Morgan fingerprint density at radius 2 is 2.48 bits per heavy atom. The lowest BCUT2D eigenvalue weighted by Crippen LogP contribution is -2.51. The van der Waals surface area contributed by atoms with Crippen LogP contribution in [0.15, 0.2) is 27.5 Å². The molecule has 0 spiro atoms. The third-order valence-electron chi connectivity index (χ3n) is 3.52. The first kappa shape index (κ1) is 13.8. The van der Waals surface area contributed by atoms with E-state index in [2.05, 4.69) is 22.4 Å². The van der Waals surface area contributed by atoms with Gasteiger partial charge < -0.3 is 19.2 Å². The van der Waals surface area contributed by atoms with Gasteiger partial charge in [0.25, 0.3) is 0 Å². The topological polar surface area (TPSA) is 84.4 Å². The molecule has 1 atom stereocenters. The van der Waals surface area contributed by atoms with Gasteiger partial charge in [-0.2, -0.15) is 4.98 Å². The van der Waals surface area contributed by atoms with Crippen molar-refractivity contribution in [1.82, 2.24) is 20.4 Å². The van der Waals surface area contributed by atoms with Crippen molar-refractivity contribution in [2.75, 3.05) is 19.6 Å². The van der Waals surface area contributed by atoms with Crippen molar-refractivity contribution in [3.63, 3.8) is 0 Å². The summed E-state index contributed by atoms with van der Waals surface area (Å²) in [6.07, 6.45) is 3.96. The molecule has 112 valence electrons. The molecule has 1 unspecified atom stereocenters. The van der Waals surface area contributed by atoms with Gasteiger partial charge in [-0.3, -0.25) is 4.79 Å². The number of piperazine rings is 1.